The van der Waals surface area contributed by atoms with Gasteiger partial charge in [-0.25, -0.2) is 8.78 Å². The van der Waals surface area contributed by atoms with Crippen LogP contribution in [-0.4, -0.2) is 24.5 Å². The van der Waals surface area contributed by atoms with Gasteiger partial charge in [-0.3, -0.25) is 9.59 Å². The Hall–Kier alpha value is -3.68. The molecule has 37 heavy (non-hydrogen) atoms. The van der Waals surface area contributed by atoms with Gasteiger partial charge in [0.15, 0.2) is 0 Å². The summed E-state index contributed by atoms with van der Waals surface area (Å²) in [6.45, 7) is 10.9. The molecule has 3 rings (SSSR count). The molecule has 1 aromatic carbocycles. The average Bonchev–Trinajstić information content (AvgIpc) is 3.25. The van der Waals surface area contributed by atoms with Crippen LogP contribution in [0.4, 0.5) is 8.78 Å². The highest BCUT2D eigenvalue weighted by atomic mass is 19.1. The summed E-state index contributed by atoms with van der Waals surface area (Å²) in [6, 6.07) is 1.79. The zero-order valence-corrected chi connectivity index (χ0v) is 21.7. The van der Waals surface area contributed by atoms with Crippen molar-refractivity contribution in [1.82, 2.24) is 10.6 Å². The number of carbonyl (C=O) groups excluding carboxylic acids is 2. The lowest BCUT2D eigenvalue weighted by molar-refractivity contribution is -0.143. The Kier molecular flexibility index (Phi) is 9.44. The zero-order chi connectivity index (χ0) is 27.1. The van der Waals surface area contributed by atoms with Gasteiger partial charge in [0.25, 0.3) is 0 Å². The van der Waals surface area contributed by atoms with E-state index in [2.05, 4.69) is 17.2 Å². The van der Waals surface area contributed by atoms with Crippen LogP contribution in [0.2, 0.25) is 0 Å². The number of halogens is 2. The first-order valence-corrected chi connectivity index (χ1v) is 12.5. The van der Waals surface area contributed by atoms with E-state index in [1.165, 1.54) is 24.4 Å². The highest BCUT2D eigenvalue weighted by Gasteiger charge is 2.36. The maximum Gasteiger partial charge on any atom is 0.308 e. The van der Waals surface area contributed by atoms with E-state index in [4.69, 9.17) is 9.47 Å². The number of esters is 1. The molecule has 6 nitrogen and oxygen atoms in total. The number of allylic oxidation sites excluding steroid dienone is 5. The summed E-state index contributed by atoms with van der Waals surface area (Å²) in [4.78, 5) is 26.2. The van der Waals surface area contributed by atoms with E-state index in [9.17, 15) is 14.0 Å². The number of carbonyl (C=O) groups is 2. The molecule has 1 aromatic rings. The van der Waals surface area contributed by atoms with Gasteiger partial charge in [0, 0.05) is 22.6 Å². The number of ether oxygens (including phenoxy) is 2. The summed E-state index contributed by atoms with van der Waals surface area (Å²) in [5.41, 5.74) is 1.06. The third kappa shape index (κ3) is 6.18. The van der Waals surface area contributed by atoms with Crippen molar-refractivity contribution in [2.24, 2.45) is 5.92 Å². The number of benzene rings is 1. The topological polar surface area (TPSA) is 76.7 Å². The standard InChI is InChI=1S/C29H34F2N2O4/c1-6-10-17(5)27(31)26-22(16-24(34)36-9-4)33-29(35)28(32-8-3)20-15-19(12-13-21(20)30)37-23-14-11-18(7-2)25(23)26/h8,10-15,18,22,28,32H,3,6-7,9,16H2,1-2,4-5H3,(H,33,35)/b17-10-,27-26?/t18-,22+,28+/m1/s1. The van der Waals surface area contributed by atoms with E-state index in [-0.39, 0.29) is 30.1 Å². The monoisotopic (exact) mass is 512 g/mol. The molecule has 0 aromatic heterocycles. The number of hydrogen-bond acceptors (Lipinski definition) is 5. The molecule has 2 aliphatic rings. The molecule has 2 N–H and O–H groups in total. The largest absolute Gasteiger partial charge is 0.466 e. The fourth-order valence-electron chi connectivity index (χ4n) is 4.63. The number of hydrogen-bond donors (Lipinski definition) is 2. The quantitative estimate of drug-likeness (QED) is 0.427. The van der Waals surface area contributed by atoms with Gasteiger partial charge in [0.2, 0.25) is 5.91 Å². The van der Waals surface area contributed by atoms with Crippen LogP contribution in [-0.2, 0) is 14.3 Å². The number of fused-ring (bicyclic) bond motifs is 2. The zero-order valence-electron chi connectivity index (χ0n) is 21.7. The molecular formula is C29H34F2N2O4. The summed E-state index contributed by atoms with van der Waals surface area (Å²) in [6.07, 6.45) is 7.56. The Balaban J connectivity index is 2.34. The van der Waals surface area contributed by atoms with E-state index >= 15 is 4.39 Å². The number of amides is 1. The summed E-state index contributed by atoms with van der Waals surface area (Å²) in [7, 11) is 0. The minimum absolute atomic E-state index is 0.0240. The summed E-state index contributed by atoms with van der Waals surface area (Å²) < 4.78 is 42.6. The van der Waals surface area contributed by atoms with E-state index in [0.29, 0.717) is 35.5 Å². The molecule has 1 aliphatic carbocycles. The first kappa shape index (κ1) is 27.9. The van der Waals surface area contributed by atoms with Crippen LogP contribution in [0.15, 0.2) is 77.5 Å². The molecule has 1 amide bonds. The van der Waals surface area contributed by atoms with Gasteiger partial charge in [0.05, 0.1) is 19.1 Å². The Morgan fingerprint density at radius 1 is 1.30 bits per heavy atom. The molecule has 0 fully saturated rings. The summed E-state index contributed by atoms with van der Waals surface area (Å²) in [5, 5.41) is 5.57. The van der Waals surface area contributed by atoms with Crippen molar-refractivity contribution in [3.63, 3.8) is 0 Å². The lowest BCUT2D eigenvalue weighted by Gasteiger charge is -2.28. The Morgan fingerprint density at radius 2 is 2.05 bits per heavy atom. The van der Waals surface area contributed by atoms with E-state index < -0.39 is 35.6 Å². The fraction of sp³-hybridized carbons (Fsp3) is 0.379. The molecule has 0 radical (unpaired) electrons. The van der Waals surface area contributed by atoms with Crippen molar-refractivity contribution < 1.29 is 27.8 Å². The summed E-state index contributed by atoms with van der Waals surface area (Å²) >= 11 is 0. The first-order valence-electron chi connectivity index (χ1n) is 12.5. The average molecular weight is 513 g/mol. The molecule has 0 saturated heterocycles. The Morgan fingerprint density at radius 3 is 2.70 bits per heavy atom. The Bertz CT molecular complexity index is 1180. The van der Waals surface area contributed by atoms with Gasteiger partial charge in [-0.2, -0.15) is 0 Å². The van der Waals surface area contributed by atoms with Crippen molar-refractivity contribution in [3.05, 3.63) is 88.9 Å². The van der Waals surface area contributed by atoms with Crippen LogP contribution in [0.25, 0.3) is 0 Å². The molecule has 1 aliphatic heterocycles. The van der Waals surface area contributed by atoms with Gasteiger partial charge in [-0.15, -0.1) is 0 Å². The molecule has 0 saturated carbocycles. The third-order valence-corrected chi connectivity index (χ3v) is 6.33. The van der Waals surface area contributed by atoms with E-state index in [1.807, 2.05) is 19.9 Å². The Labute approximate surface area is 216 Å². The lowest BCUT2D eigenvalue weighted by atomic mass is 9.85. The fourth-order valence-corrected chi connectivity index (χ4v) is 4.63. The van der Waals surface area contributed by atoms with Gasteiger partial charge >= 0.3 is 5.97 Å². The summed E-state index contributed by atoms with van der Waals surface area (Å²) in [5.74, 6) is -2.01. The highest BCUT2D eigenvalue weighted by molar-refractivity contribution is 5.85. The van der Waals surface area contributed by atoms with Gasteiger partial charge in [0.1, 0.15) is 29.2 Å². The van der Waals surface area contributed by atoms with Crippen molar-refractivity contribution >= 4 is 11.9 Å². The van der Waals surface area contributed by atoms with Gasteiger partial charge < -0.3 is 20.1 Å². The molecule has 0 unspecified atom stereocenters. The lowest BCUT2D eigenvalue weighted by Crippen LogP contribution is -2.44. The molecule has 8 heteroatoms. The minimum Gasteiger partial charge on any atom is -0.466 e. The van der Waals surface area contributed by atoms with Crippen molar-refractivity contribution in [3.8, 4) is 5.75 Å². The molecule has 3 atom stereocenters. The molecule has 1 heterocycles. The normalized spacial score (nSPS) is 22.9. The maximum absolute atomic E-state index is 16.3. The van der Waals surface area contributed by atoms with Crippen molar-refractivity contribution in [2.75, 3.05) is 6.61 Å². The number of rotatable bonds is 8. The molecular weight excluding hydrogens is 478 g/mol. The van der Waals surface area contributed by atoms with Gasteiger partial charge in [-0.05, 0) is 62.7 Å². The maximum atomic E-state index is 16.3. The first-order chi connectivity index (χ1) is 17.7. The van der Waals surface area contributed by atoms with Gasteiger partial charge in [-0.1, -0.05) is 32.6 Å². The predicted molar refractivity (Wildman–Crippen MR) is 138 cm³/mol. The smallest absolute Gasteiger partial charge is 0.308 e. The second kappa shape index (κ2) is 12.5. The third-order valence-electron chi connectivity index (χ3n) is 6.33. The van der Waals surface area contributed by atoms with E-state index in [1.54, 1.807) is 26.0 Å². The van der Waals surface area contributed by atoms with Crippen LogP contribution in [0.1, 0.15) is 58.6 Å². The number of nitrogens with one attached hydrogen (secondary N) is 2. The SMILES string of the molecule is C=CN[C@@H]1C(=O)N[C@@H](CC(=O)OCC)C(=C(F)/C(C)=C\CC)C2=C(C=C[C@H]2CC)Oc2ccc(F)c1c2. The predicted octanol–water partition coefficient (Wildman–Crippen LogP) is 5.86. The van der Waals surface area contributed by atoms with Crippen molar-refractivity contribution in [2.45, 2.75) is 59.0 Å². The van der Waals surface area contributed by atoms with Crippen LogP contribution in [0.3, 0.4) is 0 Å². The second-order valence-electron chi connectivity index (χ2n) is 8.83. The van der Waals surface area contributed by atoms with E-state index in [0.717, 1.165) is 0 Å². The molecule has 0 spiro atoms. The minimum atomic E-state index is -1.20. The van der Waals surface area contributed by atoms with Crippen LogP contribution in [0, 0.1) is 11.7 Å². The van der Waals surface area contributed by atoms with Crippen LogP contribution < -0.4 is 15.4 Å². The van der Waals surface area contributed by atoms with Crippen LogP contribution in [0.5, 0.6) is 5.75 Å². The van der Waals surface area contributed by atoms with Crippen LogP contribution >= 0.6 is 0 Å². The molecule has 198 valence electrons. The highest BCUT2D eigenvalue weighted by Crippen LogP contribution is 2.41. The second-order valence-corrected chi connectivity index (χ2v) is 8.83. The molecule has 2 bridgehead atoms. The van der Waals surface area contributed by atoms with Crippen molar-refractivity contribution in [1.29, 1.82) is 0 Å².